The van der Waals surface area contributed by atoms with Crippen LogP contribution in [0.5, 0.6) is 5.75 Å². The van der Waals surface area contributed by atoms with E-state index in [0.29, 0.717) is 18.2 Å². The summed E-state index contributed by atoms with van der Waals surface area (Å²) in [5.41, 5.74) is 0.816. The molecule has 0 bridgehead atoms. The van der Waals surface area contributed by atoms with Gasteiger partial charge in [-0.25, -0.2) is 0 Å². The summed E-state index contributed by atoms with van der Waals surface area (Å²) in [6, 6.07) is 5.35. The standard InChI is InChI=1S/C15H24ClNO3/c1-11(10-20-4)17(7-8-19-3)12(2)14-9-13(16)5-6-15(14)18/h5-6,9,11-12,18H,7-8,10H2,1-4H3. The van der Waals surface area contributed by atoms with Gasteiger partial charge in [0.2, 0.25) is 0 Å². The van der Waals surface area contributed by atoms with Crippen molar-refractivity contribution >= 4 is 11.6 Å². The van der Waals surface area contributed by atoms with E-state index in [-0.39, 0.29) is 17.8 Å². The molecule has 1 N–H and O–H groups in total. The number of nitrogens with zero attached hydrogens (tertiary/aromatic N) is 1. The molecule has 0 aliphatic rings. The summed E-state index contributed by atoms with van der Waals surface area (Å²) >= 11 is 6.03. The van der Waals surface area contributed by atoms with Crippen LogP contribution in [0, 0.1) is 0 Å². The zero-order chi connectivity index (χ0) is 15.1. The lowest BCUT2D eigenvalue weighted by molar-refractivity contribution is 0.0508. The van der Waals surface area contributed by atoms with E-state index in [1.807, 2.05) is 6.92 Å². The summed E-state index contributed by atoms with van der Waals surface area (Å²) in [5.74, 6) is 0.258. The third-order valence-electron chi connectivity index (χ3n) is 3.46. The maximum Gasteiger partial charge on any atom is 0.120 e. The van der Waals surface area contributed by atoms with Gasteiger partial charge < -0.3 is 14.6 Å². The molecule has 1 aromatic carbocycles. The molecular formula is C15H24ClNO3. The number of aromatic hydroxyl groups is 1. The van der Waals surface area contributed by atoms with E-state index in [0.717, 1.165) is 12.1 Å². The van der Waals surface area contributed by atoms with E-state index in [4.69, 9.17) is 21.1 Å². The van der Waals surface area contributed by atoms with Gasteiger partial charge in [-0.1, -0.05) is 11.6 Å². The van der Waals surface area contributed by atoms with Crippen molar-refractivity contribution < 1.29 is 14.6 Å². The number of methoxy groups -OCH3 is 2. The van der Waals surface area contributed by atoms with Gasteiger partial charge in [-0.3, -0.25) is 4.90 Å². The van der Waals surface area contributed by atoms with Gasteiger partial charge in [0, 0.05) is 43.4 Å². The van der Waals surface area contributed by atoms with Crippen LogP contribution in [-0.2, 0) is 9.47 Å². The van der Waals surface area contributed by atoms with E-state index >= 15 is 0 Å². The molecule has 5 heteroatoms. The topological polar surface area (TPSA) is 41.9 Å². The maximum atomic E-state index is 10.0. The molecule has 20 heavy (non-hydrogen) atoms. The lowest BCUT2D eigenvalue weighted by Crippen LogP contribution is -2.40. The lowest BCUT2D eigenvalue weighted by Gasteiger charge is -2.34. The molecule has 1 aromatic rings. The first kappa shape index (κ1) is 17.2. The molecule has 0 amide bonds. The summed E-state index contributed by atoms with van der Waals surface area (Å²) < 4.78 is 10.4. The minimum Gasteiger partial charge on any atom is -0.508 e. The van der Waals surface area contributed by atoms with Crippen molar-refractivity contribution in [3.05, 3.63) is 28.8 Å². The number of halogens is 1. The molecule has 1 rings (SSSR count). The first-order valence-corrected chi connectivity index (χ1v) is 7.11. The van der Waals surface area contributed by atoms with Crippen LogP contribution in [0.15, 0.2) is 18.2 Å². The summed E-state index contributed by atoms with van der Waals surface area (Å²) in [6.45, 7) is 6.15. The summed E-state index contributed by atoms with van der Waals surface area (Å²) in [4.78, 5) is 2.23. The fraction of sp³-hybridized carbons (Fsp3) is 0.600. The molecule has 0 spiro atoms. The Balaban J connectivity index is 2.95. The highest BCUT2D eigenvalue weighted by Crippen LogP contribution is 2.31. The van der Waals surface area contributed by atoms with Gasteiger partial charge >= 0.3 is 0 Å². The van der Waals surface area contributed by atoms with Gasteiger partial charge in [0.15, 0.2) is 0 Å². The molecule has 0 aliphatic carbocycles. The molecule has 2 unspecified atom stereocenters. The number of hydrogen-bond donors (Lipinski definition) is 1. The zero-order valence-corrected chi connectivity index (χ0v) is 13.4. The smallest absolute Gasteiger partial charge is 0.120 e. The molecule has 0 heterocycles. The van der Waals surface area contributed by atoms with Crippen LogP contribution >= 0.6 is 11.6 Å². The van der Waals surface area contributed by atoms with Crippen LogP contribution in [0.4, 0.5) is 0 Å². The number of benzene rings is 1. The molecule has 2 atom stereocenters. The third-order valence-corrected chi connectivity index (χ3v) is 3.70. The van der Waals surface area contributed by atoms with Crippen LogP contribution in [-0.4, -0.2) is 50.0 Å². The number of phenols is 1. The van der Waals surface area contributed by atoms with Crippen molar-refractivity contribution in [3.8, 4) is 5.75 Å². The molecule has 0 radical (unpaired) electrons. The molecule has 0 saturated heterocycles. The van der Waals surface area contributed by atoms with E-state index in [9.17, 15) is 5.11 Å². The van der Waals surface area contributed by atoms with Gasteiger partial charge in [0.25, 0.3) is 0 Å². The summed E-state index contributed by atoms with van der Waals surface area (Å²) in [5, 5.41) is 10.7. The number of hydrogen-bond acceptors (Lipinski definition) is 4. The Hall–Kier alpha value is -0.810. The number of phenolic OH excluding ortho intramolecular Hbond substituents is 1. The van der Waals surface area contributed by atoms with E-state index in [1.165, 1.54) is 0 Å². The predicted octanol–water partition coefficient (Wildman–Crippen LogP) is 3.09. The molecule has 0 fully saturated rings. The maximum absolute atomic E-state index is 10.0. The normalized spacial score (nSPS) is 14.5. The van der Waals surface area contributed by atoms with Crippen molar-refractivity contribution in [1.29, 1.82) is 0 Å². The van der Waals surface area contributed by atoms with Crippen molar-refractivity contribution in [2.24, 2.45) is 0 Å². The SMILES string of the molecule is COCCN(C(C)COC)C(C)c1cc(Cl)ccc1O. The highest BCUT2D eigenvalue weighted by Gasteiger charge is 2.23. The molecule has 0 aliphatic heterocycles. The van der Waals surface area contributed by atoms with Gasteiger partial charge in [0.1, 0.15) is 5.75 Å². The average Bonchev–Trinajstić information content (AvgIpc) is 2.42. The minimum atomic E-state index is 0.0222. The van der Waals surface area contributed by atoms with Crippen LogP contribution in [0.3, 0.4) is 0 Å². The minimum absolute atomic E-state index is 0.0222. The van der Waals surface area contributed by atoms with Crippen molar-refractivity contribution in [1.82, 2.24) is 4.90 Å². The predicted molar refractivity (Wildman–Crippen MR) is 81.5 cm³/mol. The fourth-order valence-corrected chi connectivity index (χ4v) is 2.55. The van der Waals surface area contributed by atoms with E-state index in [1.54, 1.807) is 32.4 Å². The van der Waals surface area contributed by atoms with Crippen molar-refractivity contribution in [2.75, 3.05) is 34.0 Å². The van der Waals surface area contributed by atoms with E-state index in [2.05, 4.69) is 11.8 Å². The average molecular weight is 302 g/mol. The Morgan fingerprint density at radius 2 is 1.95 bits per heavy atom. The van der Waals surface area contributed by atoms with Crippen LogP contribution in [0.1, 0.15) is 25.5 Å². The first-order valence-electron chi connectivity index (χ1n) is 6.73. The zero-order valence-electron chi connectivity index (χ0n) is 12.6. The fourth-order valence-electron chi connectivity index (χ4n) is 2.37. The Labute approximate surface area is 126 Å². The monoisotopic (exact) mass is 301 g/mol. The molecular weight excluding hydrogens is 278 g/mol. The van der Waals surface area contributed by atoms with Crippen LogP contribution < -0.4 is 0 Å². The second kappa shape index (κ2) is 8.47. The van der Waals surface area contributed by atoms with Gasteiger partial charge in [-0.2, -0.15) is 0 Å². The Morgan fingerprint density at radius 1 is 1.25 bits per heavy atom. The molecule has 4 nitrogen and oxygen atoms in total. The quantitative estimate of drug-likeness (QED) is 0.801. The molecule has 0 aromatic heterocycles. The van der Waals surface area contributed by atoms with Crippen molar-refractivity contribution in [3.63, 3.8) is 0 Å². The summed E-state index contributed by atoms with van der Waals surface area (Å²) in [7, 11) is 3.37. The number of rotatable bonds is 8. The Morgan fingerprint density at radius 3 is 2.55 bits per heavy atom. The van der Waals surface area contributed by atoms with Gasteiger partial charge in [-0.05, 0) is 32.0 Å². The highest BCUT2D eigenvalue weighted by molar-refractivity contribution is 6.30. The van der Waals surface area contributed by atoms with Crippen molar-refractivity contribution in [2.45, 2.75) is 25.9 Å². The molecule has 114 valence electrons. The second-order valence-corrected chi connectivity index (χ2v) is 5.35. The largest absolute Gasteiger partial charge is 0.508 e. The third kappa shape index (κ3) is 4.63. The van der Waals surface area contributed by atoms with Crippen LogP contribution in [0.2, 0.25) is 5.02 Å². The van der Waals surface area contributed by atoms with Gasteiger partial charge in [-0.15, -0.1) is 0 Å². The first-order chi connectivity index (χ1) is 9.51. The highest BCUT2D eigenvalue weighted by atomic mass is 35.5. The lowest BCUT2D eigenvalue weighted by atomic mass is 10.0. The van der Waals surface area contributed by atoms with E-state index < -0.39 is 0 Å². The second-order valence-electron chi connectivity index (χ2n) is 4.91. The number of ether oxygens (including phenoxy) is 2. The Kier molecular flexibility index (Phi) is 7.30. The Bertz CT molecular complexity index is 414. The van der Waals surface area contributed by atoms with Gasteiger partial charge in [0.05, 0.1) is 13.2 Å². The molecule has 0 saturated carbocycles. The van der Waals surface area contributed by atoms with Crippen LogP contribution in [0.25, 0.3) is 0 Å². The summed E-state index contributed by atoms with van der Waals surface area (Å²) in [6.07, 6.45) is 0.